The van der Waals surface area contributed by atoms with Crippen molar-refractivity contribution in [2.45, 2.75) is 4.90 Å². The number of ether oxygens (including phenoxy) is 1. The van der Waals surface area contributed by atoms with Crippen molar-refractivity contribution in [2.24, 2.45) is 0 Å². The fourth-order valence-electron chi connectivity index (χ4n) is 1.49. The van der Waals surface area contributed by atoms with Crippen molar-refractivity contribution < 1.29 is 13.2 Å². The Morgan fingerprint density at radius 3 is 2.81 bits per heavy atom. The van der Waals surface area contributed by atoms with Crippen molar-refractivity contribution in [2.75, 3.05) is 32.6 Å². The minimum atomic E-state index is -3.37. The Labute approximate surface area is 95.1 Å². The molecule has 0 bridgehead atoms. The standard InChI is InChI=1S/C10H14N2O3S/c1-12(2)16(13,14)8-3-4-10-9(7-8)11-5-6-15-10/h3-4,7,11H,5-6H2,1-2H3. The average molecular weight is 242 g/mol. The summed E-state index contributed by atoms with van der Waals surface area (Å²) in [6.07, 6.45) is 0. The van der Waals surface area contributed by atoms with Gasteiger partial charge in [-0.25, -0.2) is 12.7 Å². The normalized spacial score (nSPS) is 15.2. The number of hydrogen-bond acceptors (Lipinski definition) is 4. The van der Waals surface area contributed by atoms with Crippen LogP contribution in [0.25, 0.3) is 0 Å². The van der Waals surface area contributed by atoms with Crippen LogP contribution >= 0.6 is 0 Å². The van der Waals surface area contributed by atoms with Gasteiger partial charge in [0.25, 0.3) is 0 Å². The summed E-state index contributed by atoms with van der Waals surface area (Å²) in [5.74, 6) is 0.698. The quantitative estimate of drug-likeness (QED) is 0.831. The van der Waals surface area contributed by atoms with Crippen LogP contribution in [0.4, 0.5) is 5.69 Å². The summed E-state index contributed by atoms with van der Waals surface area (Å²) in [5, 5.41) is 3.11. The molecule has 88 valence electrons. The summed E-state index contributed by atoms with van der Waals surface area (Å²) in [5.41, 5.74) is 0.731. The third kappa shape index (κ3) is 1.85. The fraction of sp³-hybridized carbons (Fsp3) is 0.400. The lowest BCUT2D eigenvalue weighted by atomic mass is 10.2. The second-order valence-corrected chi connectivity index (χ2v) is 5.87. The van der Waals surface area contributed by atoms with E-state index in [1.54, 1.807) is 18.2 Å². The second-order valence-electron chi connectivity index (χ2n) is 3.72. The molecule has 16 heavy (non-hydrogen) atoms. The molecule has 1 aliphatic heterocycles. The van der Waals surface area contributed by atoms with E-state index in [2.05, 4.69) is 5.32 Å². The van der Waals surface area contributed by atoms with Crippen LogP contribution in [0.2, 0.25) is 0 Å². The Balaban J connectivity index is 2.45. The highest BCUT2D eigenvalue weighted by atomic mass is 32.2. The SMILES string of the molecule is CN(C)S(=O)(=O)c1ccc2c(c1)NCCO2. The van der Waals surface area contributed by atoms with E-state index in [0.717, 1.165) is 5.69 Å². The lowest BCUT2D eigenvalue weighted by molar-refractivity contribution is 0.323. The zero-order valence-corrected chi connectivity index (χ0v) is 10.0. The highest BCUT2D eigenvalue weighted by Gasteiger charge is 2.20. The molecule has 0 fully saturated rings. The molecule has 1 aromatic rings. The molecule has 0 unspecified atom stereocenters. The fourth-order valence-corrected chi connectivity index (χ4v) is 2.42. The molecule has 0 aromatic heterocycles. The molecule has 0 aliphatic carbocycles. The second kappa shape index (κ2) is 3.95. The summed E-state index contributed by atoms with van der Waals surface area (Å²) in [6.45, 7) is 1.30. The predicted octanol–water partition coefficient (Wildman–Crippen LogP) is 0.741. The third-order valence-electron chi connectivity index (χ3n) is 2.40. The van der Waals surface area contributed by atoms with Gasteiger partial charge in [-0.3, -0.25) is 0 Å². The van der Waals surface area contributed by atoms with Gasteiger partial charge >= 0.3 is 0 Å². The lowest BCUT2D eigenvalue weighted by Gasteiger charge is -2.20. The van der Waals surface area contributed by atoms with Gasteiger partial charge in [0.1, 0.15) is 12.4 Å². The molecule has 1 heterocycles. The molecular formula is C10H14N2O3S. The minimum absolute atomic E-state index is 0.272. The maximum Gasteiger partial charge on any atom is 0.242 e. The highest BCUT2D eigenvalue weighted by molar-refractivity contribution is 7.89. The molecule has 5 nitrogen and oxygen atoms in total. The molecular weight excluding hydrogens is 228 g/mol. The topological polar surface area (TPSA) is 58.6 Å². The summed E-state index contributed by atoms with van der Waals surface area (Å²) >= 11 is 0. The molecule has 0 amide bonds. The summed E-state index contributed by atoms with van der Waals surface area (Å²) < 4.78 is 30.3. The van der Waals surface area contributed by atoms with Gasteiger partial charge in [0.05, 0.1) is 10.6 Å². The maximum absolute atomic E-state index is 11.9. The number of sulfonamides is 1. The number of nitrogens with one attached hydrogen (secondary N) is 1. The number of nitrogens with zero attached hydrogens (tertiary/aromatic N) is 1. The monoisotopic (exact) mass is 242 g/mol. The van der Waals surface area contributed by atoms with Gasteiger partial charge in [0.15, 0.2) is 0 Å². The zero-order valence-electron chi connectivity index (χ0n) is 9.23. The van der Waals surface area contributed by atoms with Crippen LogP contribution in [-0.4, -0.2) is 40.0 Å². The van der Waals surface area contributed by atoms with E-state index < -0.39 is 10.0 Å². The first-order valence-corrected chi connectivity index (χ1v) is 6.39. The van der Waals surface area contributed by atoms with E-state index >= 15 is 0 Å². The minimum Gasteiger partial charge on any atom is -0.490 e. The van der Waals surface area contributed by atoms with Crippen LogP contribution in [0.15, 0.2) is 23.1 Å². The van der Waals surface area contributed by atoms with Crippen molar-refractivity contribution in [1.82, 2.24) is 4.31 Å². The van der Waals surface area contributed by atoms with E-state index in [9.17, 15) is 8.42 Å². The largest absolute Gasteiger partial charge is 0.490 e. The van der Waals surface area contributed by atoms with Crippen molar-refractivity contribution in [3.05, 3.63) is 18.2 Å². The van der Waals surface area contributed by atoms with Gasteiger partial charge in [0.2, 0.25) is 10.0 Å². The Morgan fingerprint density at radius 1 is 1.38 bits per heavy atom. The van der Waals surface area contributed by atoms with Crippen LogP contribution in [0, 0.1) is 0 Å². The third-order valence-corrected chi connectivity index (χ3v) is 4.22. The maximum atomic E-state index is 11.9. The Bertz CT molecular complexity index is 497. The van der Waals surface area contributed by atoms with Gasteiger partial charge in [0, 0.05) is 20.6 Å². The first-order valence-electron chi connectivity index (χ1n) is 4.95. The Hall–Kier alpha value is -1.27. The van der Waals surface area contributed by atoms with Gasteiger partial charge < -0.3 is 10.1 Å². The summed E-state index contributed by atoms with van der Waals surface area (Å²) in [7, 11) is -0.347. The molecule has 0 saturated heterocycles. The summed E-state index contributed by atoms with van der Waals surface area (Å²) in [4.78, 5) is 0.272. The molecule has 1 aliphatic rings. The lowest BCUT2D eigenvalue weighted by Crippen LogP contribution is -2.23. The van der Waals surface area contributed by atoms with Gasteiger partial charge in [-0.1, -0.05) is 0 Å². The molecule has 0 atom stereocenters. The molecule has 6 heteroatoms. The molecule has 0 saturated carbocycles. The predicted molar refractivity (Wildman–Crippen MR) is 61.3 cm³/mol. The van der Waals surface area contributed by atoms with Crippen molar-refractivity contribution in [1.29, 1.82) is 0 Å². The van der Waals surface area contributed by atoms with E-state index in [1.807, 2.05) is 0 Å². The van der Waals surface area contributed by atoms with Crippen LogP contribution < -0.4 is 10.1 Å². The van der Waals surface area contributed by atoms with Crippen LogP contribution in [0.5, 0.6) is 5.75 Å². The van der Waals surface area contributed by atoms with Gasteiger partial charge in [-0.15, -0.1) is 0 Å². The van der Waals surface area contributed by atoms with E-state index in [1.165, 1.54) is 18.4 Å². The highest BCUT2D eigenvalue weighted by Crippen LogP contribution is 2.30. The van der Waals surface area contributed by atoms with Crippen LogP contribution in [0.3, 0.4) is 0 Å². The average Bonchev–Trinajstić information content (AvgIpc) is 2.28. The Morgan fingerprint density at radius 2 is 2.12 bits per heavy atom. The molecule has 2 rings (SSSR count). The smallest absolute Gasteiger partial charge is 0.242 e. The molecule has 0 spiro atoms. The molecule has 1 N–H and O–H groups in total. The Kier molecular flexibility index (Phi) is 2.77. The van der Waals surface area contributed by atoms with Crippen molar-refractivity contribution in [3.63, 3.8) is 0 Å². The van der Waals surface area contributed by atoms with Crippen LogP contribution in [-0.2, 0) is 10.0 Å². The number of anilines is 1. The number of rotatable bonds is 2. The van der Waals surface area contributed by atoms with Crippen LogP contribution in [0.1, 0.15) is 0 Å². The van der Waals surface area contributed by atoms with E-state index in [4.69, 9.17) is 4.74 Å². The van der Waals surface area contributed by atoms with E-state index in [-0.39, 0.29) is 4.90 Å². The molecule has 1 aromatic carbocycles. The number of benzene rings is 1. The van der Waals surface area contributed by atoms with Gasteiger partial charge in [-0.05, 0) is 18.2 Å². The zero-order chi connectivity index (χ0) is 11.8. The van der Waals surface area contributed by atoms with Crippen molar-refractivity contribution in [3.8, 4) is 5.75 Å². The first-order chi connectivity index (χ1) is 7.51. The van der Waals surface area contributed by atoms with Gasteiger partial charge in [-0.2, -0.15) is 0 Å². The number of fused-ring (bicyclic) bond motifs is 1. The molecule has 0 radical (unpaired) electrons. The number of hydrogen-bond donors (Lipinski definition) is 1. The van der Waals surface area contributed by atoms with E-state index in [0.29, 0.717) is 18.9 Å². The first kappa shape index (κ1) is 11.2. The van der Waals surface area contributed by atoms with Crippen molar-refractivity contribution >= 4 is 15.7 Å². The summed E-state index contributed by atoms with van der Waals surface area (Å²) in [6, 6.07) is 4.84.